The van der Waals surface area contributed by atoms with Crippen LogP contribution in [0.3, 0.4) is 0 Å². The Morgan fingerprint density at radius 1 is 1.23 bits per heavy atom. The van der Waals surface area contributed by atoms with E-state index in [1.54, 1.807) is 0 Å². The number of carbonyl (C=O) groups excluding carboxylic acids is 1. The van der Waals surface area contributed by atoms with E-state index in [1.807, 2.05) is 31.2 Å². The minimum Gasteiger partial charge on any atom is -0.508 e. The third kappa shape index (κ3) is 4.52. The molecule has 2 aromatic rings. The van der Waals surface area contributed by atoms with Crippen LogP contribution in [-0.4, -0.2) is 28.9 Å². The molecule has 0 bridgehead atoms. The molecule has 0 atom stereocenters. The number of hydrogen-bond acceptors (Lipinski definition) is 5. The van der Waals surface area contributed by atoms with Gasteiger partial charge < -0.3 is 15.5 Å². The van der Waals surface area contributed by atoms with Gasteiger partial charge in [-0.25, -0.2) is 5.43 Å². The normalized spacial score (nSPS) is 10.6. The lowest BCUT2D eigenvalue weighted by atomic mass is 10.2. The molecule has 0 aliphatic rings. The van der Waals surface area contributed by atoms with Gasteiger partial charge in [0.15, 0.2) is 0 Å². The quantitative estimate of drug-likeness (QED) is 0.501. The largest absolute Gasteiger partial charge is 0.508 e. The van der Waals surface area contributed by atoms with Crippen LogP contribution in [-0.2, 0) is 4.79 Å². The van der Waals surface area contributed by atoms with Crippen molar-refractivity contribution in [3.05, 3.63) is 53.6 Å². The summed E-state index contributed by atoms with van der Waals surface area (Å²) in [6, 6.07) is 11.8. The highest BCUT2D eigenvalue weighted by Crippen LogP contribution is 2.20. The molecule has 2 rings (SSSR count). The van der Waals surface area contributed by atoms with Gasteiger partial charge in [0.2, 0.25) is 0 Å². The van der Waals surface area contributed by atoms with Crippen molar-refractivity contribution < 1.29 is 15.0 Å². The van der Waals surface area contributed by atoms with Crippen molar-refractivity contribution in [1.29, 1.82) is 0 Å². The Labute approximate surface area is 128 Å². The summed E-state index contributed by atoms with van der Waals surface area (Å²) in [6.45, 7) is 2.06. The van der Waals surface area contributed by atoms with Gasteiger partial charge in [0, 0.05) is 17.3 Å². The molecule has 6 nitrogen and oxygen atoms in total. The van der Waals surface area contributed by atoms with E-state index in [0.29, 0.717) is 5.56 Å². The van der Waals surface area contributed by atoms with Crippen LogP contribution in [0.2, 0.25) is 0 Å². The highest BCUT2D eigenvalue weighted by Gasteiger charge is 2.01. The van der Waals surface area contributed by atoms with Crippen LogP contribution in [0, 0.1) is 6.92 Å². The summed E-state index contributed by atoms with van der Waals surface area (Å²) in [4.78, 5) is 11.6. The van der Waals surface area contributed by atoms with Gasteiger partial charge in [-0.3, -0.25) is 4.79 Å². The van der Waals surface area contributed by atoms with Gasteiger partial charge in [-0.1, -0.05) is 12.1 Å². The second-order valence-electron chi connectivity index (χ2n) is 4.76. The maximum Gasteiger partial charge on any atom is 0.259 e. The van der Waals surface area contributed by atoms with Gasteiger partial charge in [-0.05, 0) is 36.8 Å². The van der Waals surface area contributed by atoms with E-state index in [2.05, 4.69) is 15.8 Å². The third-order valence-corrected chi connectivity index (χ3v) is 2.88. The molecule has 0 radical (unpaired) electrons. The Morgan fingerprint density at radius 2 is 2.05 bits per heavy atom. The number of benzene rings is 2. The van der Waals surface area contributed by atoms with Crippen LogP contribution >= 0.6 is 0 Å². The van der Waals surface area contributed by atoms with Crippen LogP contribution < -0.4 is 10.7 Å². The number of aromatic hydroxyl groups is 2. The third-order valence-electron chi connectivity index (χ3n) is 2.88. The molecular weight excluding hydrogens is 282 g/mol. The number of nitrogens with zero attached hydrogens (tertiary/aromatic N) is 1. The Hall–Kier alpha value is -3.02. The fourth-order valence-corrected chi connectivity index (χ4v) is 1.79. The summed E-state index contributed by atoms with van der Waals surface area (Å²) in [5, 5.41) is 25.5. The molecule has 0 aliphatic carbocycles. The second-order valence-corrected chi connectivity index (χ2v) is 4.76. The Bertz CT molecular complexity index is 699. The average molecular weight is 299 g/mol. The van der Waals surface area contributed by atoms with Crippen LogP contribution in [0.1, 0.15) is 11.1 Å². The van der Waals surface area contributed by atoms with E-state index in [1.165, 1.54) is 24.4 Å². The van der Waals surface area contributed by atoms with Gasteiger partial charge in [-0.15, -0.1) is 0 Å². The standard InChI is InChI=1S/C16H17N3O3/c1-11-3-2-4-13(7-11)17-10-16(22)19-18-9-12-5-6-14(20)8-15(12)21/h2-9,17,20-21H,10H2,1H3,(H,19,22)/b18-9+. The summed E-state index contributed by atoms with van der Waals surface area (Å²) in [7, 11) is 0. The zero-order valence-corrected chi connectivity index (χ0v) is 12.1. The lowest BCUT2D eigenvalue weighted by molar-refractivity contribution is -0.119. The number of aryl methyl sites for hydroxylation is 1. The second kappa shape index (κ2) is 7.12. The molecule has 0 aromatic heterocycles. The Morgan fingerprint density at radius 3 is 2.77 bits per heavy atom. The van der Waals surface area contributed by atoms with Crippen LogP contribution in [0.15, 0.2) is 47.6 Å². The van der Waals surface area contributed by atoms with Crippen LogP contribution in [0.5, 0.6) is 11.5 Å². The summed E-state index contributed by atoms with van der Waals surface area (Å²) in [6.07, 6.45) is 1.30. The lowest BCUT2D eigenvalue weighted by Crippen LogP contribution is -2.25. The molecule has 0 saturated heterocycles. The lowest BCUT2D eigenvalue weighted by Gasteiger charge is -2.05. The summed E-state index contributed by atoms with van der Waals surface area (Å²) >= 11 is 0. The van der Waals surface area contributed by atoms with E-state index in [4.69, 9.17) is 5.11 Å². The summed E-state index contributed by atoms with van der Waals surface area (Å²) < 4.78 is 0. The first kappa shape index (κ1) is 15.4. The van der Waals surface area contributed by atoms with Crippen molar-refractivity contribution in [3.63, 3.8) is 0 Å². The van der Waals surface area contributed by atoms with Crippen molar-refractivity contribution in [2.45, 2.75) is 6.92 Å². The van der Waals surface area contributed by atoms with Crippen LogP contribution in [0.4, 0.5) is 5.69 Å². The molecule has 1 amide bonds. The van der Waals surface area contributed by atoms with E-state index in [0.717, 1.165) is 11.3 Å². The zero-order valence-electron chi connectivity index (χ0n) is 12.1. The number of carbonyl (C=O) groups is 1. The highest BCUT2D eigenvalue weighted by molar-refractivity contribution is 5.86. The number of amides is 1. The molecular formula is C16H17N3O3. The number of phenols is 2. The van der Waals surface area contributed by atoms with Crippen molar-refractivity contribution in [2.75, 3.05) is 11.9 Å². The van der Waals surface area contributed by atoms with Gasteiger partial charge in [0.1, 0.15) is 11.5 Å². The van der Waals surface area contributed by atoms with E-state index >= 15 is 0 Å². The molecule has 22 heavy (non-hydrogen) atoms. The number of nitrogens with one attached hydrogen (secondary N) is 2. The number of anilines is 1. The molecule has 0 fully saturated rings. The van der Waals surface area contributed by atoms with Gasteiger partial charge >= 0.3 is 0 Å². The fraction of sp³-hybridized carbons (Fsp3) is 0.125. The van der Waals surface area contributed by atoms with Crippen LogP contribution in [0.25, 0.3) is 0 Å². The minimum atomic E-state index is -0.309. The van der Waals surface area contributed by atoms with E-state index in [-0.39, 0.29) is 24.0 Å². The van der Waals surface area contributed by atoms with E-state index in [9.17, 15) is 9.90 Å². The predicted molar refractivity (Wildman–Crippen MR) is 85.2 cm³/mol. The van der Waals surface area contributed by atoms with Crippen molar-refractivity contribution in [2.24, 2.45) is 5.10 Å². The minimum absolute atomic E-state index is 0.0407. The maximum atomic E-state index is 11.6. The van der Waals surface area contributed by atoms with Gasteiger partial charge in [0.05, 0.1) is 12.8 Å². The number of hydrogen-bond donors (Lipinski definition) is 4. The molecule has 0 aliphatic heterocycles. The Balaban J connectivity index is 1.83. The monoisotopic (exact) mass is 299 g/mol. The Kier molecular flexibility index (Phi) is 4.98. The molecule has 0 heterocycles. The number of hydrazone groups is 1. The predicted octanol–water partition coefficient (Wildman–Crippen LogP) is 1.97. The highest BCUT2D eigenvalue weighted by atomic mass is 16.3. The smallest absolute Gasteiger partial charge is 0.259 e. The summed E-state index contributed by atoms with van der Waals surface area (Å²) in [5.74, 6) is -0.465. The fourth-order valence-electron chi connectivity index (χ4n) is 1.79. The topological polar surface area (TPSA) is 94.0 Å². The van der Waals surface area contributed by atoms with Gasteiger partial charge in [0.25, 0.3) is 5.91 Å². The molecule has 6 heteroatoms. The van der Waals surface area contributed by atoms with Crippen molar-refractivity contribution in [1.82, 2.24) is 5.43 Å². The average Bonchev–Trinajstić information content (AvgIpc) is 2.47. The first-order valence-corrected chi connectivity index (χ1v) is 6.69. The maximum absolute atomic E-state index is 11.6. The summed E-state index contributed by atoms with van der Waals surface area (Å²) in [5.41, 5.74) is 4.71. The first-order valence-electron chi connectivity index (χ1n) is 6.69. The molecule has 0 unspecified atom stereocenters. The molecule has 114 valence electrons. The number of phenolic OH excluding ortho intramolecular Hbond substituents is 2. The van der Waals surface area contributed by atoms with Crippen molar-refractivity contribution in [3.8, 4) is 11.5 Å². The van der Waals surface area contributed by atoms with Gasteiger partial charge in [-0.2, -0.15) is 5.10 Å². The molecule has 0 saturated carbocycles. The molecule has 4 N–H and O–H groups in total. The molecule has 2 aromatic carbocycles. The zero-order chi connectivity index (χ0) is 15.9. The SMILES string of the molecule is Cc1cccc(NCC(=O)N/N=C/c2ccc(O)cc2O)c1. The molecule has 0 spiro atoms. The van der Waals surface area contributed by atoms with Crippen molar-refractivity contribution >= 4 is 17.8 Å². The first-order chi connectivity index (χ1) is 10.5. The number of rotatable bonds is 5. The van der Waals surface area contributed by atoms with E-state index < -0.39 is 0 Å².